The van der Waals surface area contributed by atoms with Gasteiger partial charge in [0.25, 0.3) is 0 Å². The Morgan fingerprint density at radius 1 is 1.29 bits per heavy atom. The van der Waals surface area contributed by atoms with Gasteiger partial charge in [0.15, 0.2) is 0 Å². The van der Waals surface area contributed by atoms with Gasteiger partial charge < -0.3 is 25.4 Å². The minimum atomic E-state index is -1.10. The van der Waals surface area contributed by atoms with Gasteiger partial charge in [0, 0.05) is 13.0 Å². The first-order valence-electron chi connectivity index (χ1n) is 5.99. The summed E-state index contributed by atoms with van der Waals surface area (Å²) in [4.78, 5) is 11.3. The predicted octanol–water partition coefficient (Wildman–Crippen LogP) is -1.23. The molecule has 100 valence electrons. The molecule has 0 aliphatic carbocycles. The van der Waals surface area contributed by atoms with Crippen LogP contribution < -0.4 is 5.32 Å². The van der Waals surface area contributed by atoms with E-state index >= 15 is 0 Å². The Morgan fingerprint density at radius 3 is 2.47 bits per heavy atom. The van der Waals surface area contributed by atoms with Crippen molar-refractivity contribution in [1.29, 1.82) is 0 Å². The van der Waals surface area contributed by atoms with Gasteiger partial charge in [-0.25, -0.2) is 0 Å². The highest BCUT2D eigenvalue weighted by atomic mass is 16.6. The lowest BCUT2D eigenvalue weighted by Crippen LogP contribution is -2.39. The third-order valence-corrected chi connectivity index (χ3v) is 2.90. The quantitative estimate of drug-likeness (QED) is 0.471. The molecule has 6 nitrogen and oxygen atoms in total. The molecule has 0 radical (unpaired) electrons. The van der Waals surface area contributed by atoms with Crippen molar-refractivity contribution in [2.24, 2.45) is 0 Å². The van der Waals surface area contributed by atoms with E-state index in [0.29, 0.717) is 6.42 Å². The number of unbranched alkanes of at least 4 members (excludes halogenated alkanes) is 1. The Bertz CT molecular complexity index is 248. The maximum atomic E-state index is 11.3. The summed E-state index contributed by atoms with van der Waals surface area (Å²) in [7, 11) is 0. The van der Waals surface area contributed by atoms with Crippen LogP contribution in [0.15, 0.2) is 0 Å². The molecule has 0 spiro atoms. The number of ether oxygens (including phenoxy) is 1. The third kappa shape index (κ3) is 3.92. The molecule has 1 heterocycles. The lowest BCUT2D eigenvalue weighted by Gasteiger charge is -2.15. The Labute approximate surface area is 101 Å². The Balaban J connectivity index is 2.30. The number of rotatable bonds is 6. The Morgan fingerprint density at radius 2 is 1.94 bits per heavy atom. The summed E-state index contributed by atoms with van der Waals surface area (Å²) in [6.07, 6.45) is -1.39. The van der Waals surface area contributed by atoms with E-state index < -0.39 is 24.4 Å². The van der Waals surface area contributed by atoms with Gasteiger partial charge in [-0.1, -0.05) is 13.3 Å². The third-order valence-electron chi connectivity index (χ3n) is 2.90. The minimum Gasteiger partial charge on any atom is -0.394 e. The first kappa shape index (κ1) is 14.4. The van der Waals surface area contributed by atoms with Crippen LogP contribution in [0.4, 0.5) is 0 Å². The normalized spacial score (nSPS) is 32.7. The maximum absolute atomic E-state index is 11.3. The molecule has 6 heteroatoms. The highest BCUT2D eigenvalue weighted by molar-refractivity contribution is 5.75. The highest BCUT2D eigenvalue weighted by Gasteiger charge is 2.42. The molecule has 0 unspecified atom stereocenters. The van der Waals surface area contributed by atoms with Crippen molar-refractivity contribution in [2.45, 2.75) is 50.6 Å². The summed E-state index contributed by atoms with van der Waals surface area (Å²) < 4.78 is 5.23. The first-order chi connectivity index (χ1) is 8.10. The van der Waals surface area contributed by atoms with Gasteiger partial charge in [-0.05, 0) is 6.42 Å². The van der Waals surface area contributed by atoms with Crippen molar-refractivity contribution in [3.63, 3.8) is 0 Å². The predicted molar refractivity (Wildman–Crippen MR) is 60.3 cm³/mol. The molecule has 4 atom stereocenters. The van der Waals surface area contributed by atoms with Gasteiger partial charge in [0.05, 0.1) is 6.61 Å². The average Bonchev–Trinajstić information content (AvgIpc) is 2.61. The highest BCUT2D eigenvalue weighted by Crippen LogP contribution is 2.20. The number of aliphatic hydroxyl groups excluding tert-OH is 3. The van der Waals surface area contributed by atoms with Crippen molar-refractivity contribution in [1.82, 2.24) is 5.32 Å². The number of carbonyl (C=O) groups excluding carboxylic acids is 1. The standard InChI is InChI=1S/C11H21NO5/c1-2-3-4-9(14)12-5-7-10(15)11(16)8(6-13)17-7/h7-8,10-11,13,15-16H,2-6H2,1H3,(H,12,14)/t7-,8+,10+,11+/m0/s1. The average molecular weight is 247 g/mol. The van der Waals surface area contributed by atoms with Crippen LogP contribution in [-0.2, 0) is 9.53 Å². The molecule has 1 rings (SSSR count). The zero-order valence-corrected chi connectivity index (χ0v) is 10.0. The fourth-order valence-electron chi connectivity index (χ4n) is 1.79. The molecule has 17 heavy (non-hydrogen) atoms. The van der Waals surface area contributed by atoms with Crippen molar-refractivity contribution >= 4 is 5.91 Å². The first-order valence-corrected chi connectivity index (χ1v) is 5.99. The fraction of sp³-hybridized carbons (Fsp3) is 0.909. The molecule has 1 saturated heterocycles. The molecule has 0 aromatic heterocycles. The van der Waals surface area contributed by atoms with Crippen LogP contribution in [0.3, 0.4) is 0 Å². The van der Waals surface area contributed by atoms with E-state index in [1.54, 1.807) is 0 Å². The van der Waals surface area contributed by atoms with E-state index in [1.807, 2.05) is 6.92 Å². The summed E-state index contributed by atoms with van der Waals surface area (Å²) in [6, 6.07) is 0. The number of hydrogen-bond acceptors (Lipinski definition) is 5. The Kier molecular flexibility index (Phi) is 5.84. The molecule has 1 fully saturated rings. The van der Waals surface area contributed by atoms with E-state index in [9.17, 15) is 15.0 Å². The summed E-state index contributed by atoms with van der Waals surface area (Å²) in [5, 5.41) is 30.6. The summed E-state index contributed by atoms with van der Waals surface area (Å²) in [5.41, 5.74) is 0. The van der Waals surface area contributed by atoms with Crippen LogP contribution in [0.2, 0.25) is 0 Å². The van der Waals surface area contributed by atoms with Gasteiger partial charge in [-0.3, -0.25) is 4.79 Å². The number of hydrogen-bond donors (Lipinski definition) is 4. The molecule has 0 saturated carbocycles. The number of carbonyl (C=O) groups is 1. The van der Waals surface area contributed by atoms with Crippen LogP contribution >= 0.6 is 0 Å². The van der Waals surface area contributed by atoms with E-state index in [4.69, 9.17) is 9.84 Å². The van der Waals surface area contributed by atoms with Crippen LogP contribution in [-0.4, -0.2) is 58.8 Å². The van der Waals surface area contributed by atoms with E-state index in [2.05, 4.69) is 5.32 Å². The van der Waals surface area contributed by atoms with Crippen LogP contribution in [0.5, 0.6) is 0 Å². The summed E-state index contributed by atoms with van der Waals surface area (Å²) >= 11 is 0. The largest absolute Gasteiger partial charge is 0.394 e. The molecule has 1 aliphatic rings. The second kappa shape index (κ2) is 6.90. The maximum Gasteiger partial charge on any atom is 0.220 e. The number of aliphatic hydroxyl groups is 3. The minimum absolute atomic E-state index is 0.0930. The van der Waals surface area contributed by atoms with E-state index in [-0.39, 0.29) is 19.1 Å². The molecule has 1 aliphatic heterocycles. The molecule has 0 aromatic carbocycles. The smallest absolute Gasteiger partial charge is 0.220 e. The van der Waals surface area contributed by atoms with Gasteiger partial charge in [0.2, 0.25) is 5.91 Å². The zero-order chi connectivity index (χ0) is 12.8. The van der Waals surface area contributed by atoms with Gasteiger partial charge in [-0.15, -0.1) is 0 Å². The fourth-order valence-corrected chi connectivity index (χ4v) is 1.79. The molecule has 1 amide bonds. The Hall–Kier alpha value is -0.690. The summed E-state index contributed by atoms with van der Waals surface area (Å²) in [5.74, 6) is -0.0930. The summed E-state index contributed by atoms with van der Waals surface area (Å²) in [6.45, 7) is 1.80. The van der Waals surface area contributed by atoms with E-state index in [1.165, 1.54) is 0 Å². The SMILES string of the molecule is CCCCC(=O)NC[C@@H]1O[C@H](CO)[C@@H](O)[C@@H]1O. The van der Waals surface area contributed by atoms with E-state index in [0.717, 1.165) is 12.8 Å². The van der Waals surface area contributed by atoms with Crippen LogP contribution in [0.25, 0.3) is 0 Å². The lowest BCUT2D eigenvalue weighted by molar-refractivity contribution is -0.122. The lowest BCUT2D eigenvalue weighted by atomic mass is 10.1. The van der Waals surface area contributed by atoms with Crippen LogP contribution in [0, 0.1) is 0 Å². The van der Waals surface area contributed by atoms with Crippen molar-refractivity contribution < 1.29 is 24.9 Å². The second-order valence-electron chi connectivity index (χ2n) is 4.28. The molecular weight excluding hydrogens is 226 g/mol. The zero-order valence-electron chi connectivity index (χ0n) is 10.0. The molecule has 4 N–H and O–H groups in total. The topological polar surface area (TPSA) is 99.0 Å². The number of nitrogens with one attached hydrogen (secondary N) is 1. The second-order valence-corrected chi connectivity index (χ2v) is 4.28. The van der Waals surface area contributed by atoms with Crippen molar-refractivity contribution in [2.75, 3.05) is 13.2 Å². The van der Waals surface area contributed by atoms with Crippen molar-refractivity contribution in [3.05, 3.63) is 0 Å². The van der Waals surface area contributed by atoms with Gasteiger partial charge in [-0.2, -0.15) is 0 Å². The molecule has 0 bridgehead atoms. The molecule has 0 aromatic rings. The number of amides is 1. The van der Waals surface area contributed by atoms with Crippen LogP contribution in [0.1, 0.15) is 26.2 Å². The van der Waals surface area contributed by atoms with Crippen molar-refractivity contribution in [3.8, 4) is 0 Å². The van der Waals surface area contributed by atoms with Gasteiger partial charge >= 0.3 is 0 Å². The van der Waals surface area contributed by atoms with Gasteiger partial charge in [0.1, 0.15) is 24.4 Å². The monoisotopic (exact) mass is 247 g/mol. The molecular formula is C11H21NO5.